The van der Waals surface area contributed by atoms with Gasteiger partial charge in [-0.15, -0.1) is 0 Å². The molecule has 0 atom stereocenters. The molecule has 0 bridgehead atoms. The highest BCUT2D eigenvalue weighted by Gasteiger charge is 2.26. The molecular formula is C29H35N9O2. The maximum absolute atomic E-state index is 13.4. The number of hydrogen-bond donors (Lipinski definition) is 2. The van der Waals surface area contributed by atoms with Gasteiger partial charge in [-0.1, -0.05) is 12.1 Å². The van der Waals surface area contributed by atoms with E-state index in [1.165, 1.54) is 4.68 Å². The third kappa shape index (κ3) is 6.09. The quantitative estimate of drug-likeness (QED) is 0.350. The number of likely N-dealkylation sites (N-methyl/N-ethyl adjacent to an activating group) is 1. The molecule has 2 N–H and O–H groups in total. The maximum Gasteiger partial charge on any atom is 0.275 e. The summed E-state index contributed by atoms with van der Waals surface area (Å²) in [7, 11) is 1.58. The molecule has 5 rings (SSSR count). The number of carbonyl (C=O) groups is 2. The molecule has 0 unspecified atom stereocenters. The summed E-state index contributed by atoms with van der Waals surface area (Å²) in [4.78, 5) is 36.7. The second-order valence-electron chi connectivity index (χ2n) is 10.4. The number of nitrogens with one attached hydrogen (secondary N) is 2. The Morgan fingerprint density at radius 2 is 1.90 bits per heavy atom. The first-order valence-corrected chi connectivity index (χ1v) is 13.6. The molecule has 1 fully saturated rings. The number of aromatic nitrogens is 6. The number of piperidine rings is 1. The highest BCUT2D eigenvalue weighted by atomic mass is 16.2. The van der Waals surface area contributed by atoms with Crippen molar-refractivity contribution in [2.24, 2.45) is 0 Å². The van der Waals surface area contributed by atoms with Gasteiger partial charge in [-0.25, -0.2) is 9.97 Å². The van der Waals surface area contributed by atoms with Crippen molar-refractivity contribution in [3.63, 3.8) is 0 Å². The van der Waals surface area contributed by atoms with Gasteiger partial charge >= 0.3 is 0 Å². The molecule has 4 aromatic heterocycles. The summed E-state index contributed by atoms with van der Waals surface area (Å²) in [5.74, 6) is 0.990. The van der Waals surface area contributed by atoms with Crippen LogP contribution in [0, 0.1) is 6.92 Å². The van der Waals surface area contributed by atoms with Crippen LogP contribution in [0.2, 0.25) is 0 Å². The van der Waals surface area contributed by atoms with Gasteiger partial charge in [-0.05, 0) is 70.5 Å². The molecule has 1 aliphatic heterocycles. The van der Waals surface area contributed by atoms with E-state index in [0.29, 0.717) is 34.9 Å². The van der Waals surface area contributed by atoms with Crippen LogP contribution in [0.3, 0.4) is 0 Å². The Bertz CT molecular complexity index is 1480. The van der Waals surface area contributed by atoms with E-state index in [-0.39, 0.29) is 24.1 Å². The van der Waals surface area contributed by atoms with Crippen LogP contribution in [0.25, 0.3) is 17.1 Å². The monoisotopic (exact) mass is 541 g/mol. The Morgan fingerprint density at radius 1 is 1.10 bits per heavy atom. The van der Waals surface area contributed by atoms with Gasteiger partial charge in [0, 0.05) is 43.0 Å². The molecule has 0 aliphatic carbocycles. The lowest BCUT2D eigenvalue weighted by Gasteiger charge is -2.33. The number of anilines is 1. The van der Waals surface area contributed by atoms with Crippen molar-refractivity contribution < 1.29 is 9.59 Å². The van der Waals surface area contributed by atoms with Gasteiger partial charge in [0.25, 0.3) is 5.91 Å². The zero-order chi connectivity index (χ0) is 28.2. The highest BCUT2D eigenvalue weighted by molar-refractivity contribution is 6.02. The second-order valence-corrected chi connectivity index (χ2v) is 10.4. The number of aryl methyl sites for hydroxylation is 1. The largest absolute Gasteiger partial charge is 0.358 e. The lowest BCUT2D eigenvalue weighted by molar-refractivity contribution is -0.121. The number of pyridine rings is 2. The van der Waals surface area contributed by atoms with Crippen molar-refractivity contribution in [1.82, 2.24) is 39.7 Å². The van der Waals surface area contributed by atoms with Gasteiger partial charge in [0.2, 0.25) is 5.91 Å². The van der Waals surface area contributed by atoms with E-state index in [2.05, 4.69) is 44.4 Å². The highest BCUT2D eigenvalue weighted by Crippen LogP contribution is 2.31. The minimum Gasteiger partial charge on any atom is -0.358 e. The Kier molecular flexibility index (Phi) is 8.01. The molecular weight excluding hydrogens is 506 g/mol. The molecule has 0 saturated carbocycles. The summed E-state index contributed by atoms with van der Waals surface area (Å²) in [6.07, 6.45) is 7.18. The van der Waals surface area contributed by atoms with Crippen molar-refractivity contribution in [2.45, 2.75) is 52.1 Å². The fourth-order valence-electron chi connectivity index (χ4n) is 4.87. The summed E-state index contributed by atoms with van der Waals surface area (Å²) in [6.45, 7) is 8.59. The van der Waals surface area contributed by atoms with Crippen LogP contribution in [0.5, 0.6) is 0 Å². The van der Waals surface area contributed by atoms with E-state index in [9.17, 15) is 9.59 Å². The molecule has 208 valence electrons. The third-order valence-electron chi connectivity index (χ3n) is 7.26. The van der Waals surface area contributed by atoms with E-state index in [1.807, 2.05) is 25.1 Å². The average Bonchev–Trinajstić information content (AvgIpc) is 3.61. The van der Waals surface area contributed by atoms with E-state index < -0.39 is 0 Å². The van der Waals surface area contributed by atoms with Crippen molar-refractivity contribution in [3.05, 3.63) is 71.9 Å². The Morgan fingerprint density at radius 3 is 2.60 bits per heavy atom. The van der Waals surface area contributed by atoms with Crippen LogP contribution in [0.15, 0.2) is 55.0 Å². The van der Waals surface area contributed by atoms with Gasteiger partial charge in [0.05, 0.1) is 17.6 Å². The standard InChI is InChI=1S/C29H35N9O2/c1-19(2)36-12-10-21(11-13-36)25-14-27(38(35-25)26-9-8-20(3)15-31-26)34-29(40)24-7-5-6-23(33-24)22-16-32-37(17-22)18-28(39)30-4/h5-9,14-17,19,21H,10-13,18H2,1-4H3,(H,30,39)(H,34,40). The molecule has 2 amide bonds. The number of nitrogens with zero attached hydrogens (tertiary/aromatic N) is 7. The molecule has 40 heavy (non-hydrogen) atoms. The lowest BCUT2D eigenvalue weighted by Crippen LogP contribution is -2.37. The normalized spacial score (nSPS) is 14.4. The summed E-state index contributed by atoms with van der Waals surface area (Å²) >= 11 is 0. The summed E-state index contributed by atoms with van der Waals surface area (Å²) in [6, 6.07) is 11.6. The van der Waals surface area contributed by atoms with E-state index in [0.717, 1.165) is 37.2 Å². The van der Waals surface area contributed by atoms with Crippen molar-refractivity contribution in [1.29, 1.82) is 0 Å². The first-order chi connectivity index (χ1) is 19.3. The molecule has 4 aromatic rings. The average molecular weight is 542 g/mol. The van der Waals surface area contributed by atoms with Crippen LogP contribution in [0.1, 0.15) is 54.4 Å². The molecule has 0 aromatic carbocycles. The lowest BCUT2D eigenvalue weighted by atomic mass is 9.93. The fraction of sp³-hybridized carbons (Fsp3) is 0.379. The zero-order valence-electron chi connectivity index (χ0n) is 23.3. The molecule has 5 heterocycles. The van der Waals surface area contributed by atoms with Gasteiger partial charge in [0.1, 0.15) is 18.1 Å². The van der Waals surface area contributed by atoms with Crippen LogP contribution < -0.4 is 10.6 Å². The fourth-order valence-corrected chi connectivity index (χ4v) is 4.87. The first-order valence-electron chi connectivity index (χ1n) is 13.6. The molecule has 0 radical (unpaired) electrons. The number of carbonyl (C=O) groups excluding carboxylic acids is 2. The number of amides is 2. The smallest absolute Gasteiger partial charge is 0.275 e. The Hall–Kier alpha value is -4.38. The van der Waals surface area contributed by atoms with Gasteiger partial charge in [-0.3, -0.25) is 14.3 Å². The van der Waals surface area contributed by atoms with Crippen molar-refractivity contribution in [3.8, 4) is 17.1 Å². The summed E-state index contributed by atoms with van der Waals surface area (Å²) in [5, 5.41) is 14.7. The van der Waals surface area contributed by atoms with E-state index >= 15 is 0 Å². The van der Waals surface area contributed by atoms with E-state index in [1.54, 1.807) is 48.5 Å². The van der Waals surface area contributed by atoms with Crippen LogP contribution in [-0.4, -0.2) is 72.4 Å². The van der Waals surface area contributed by atoms with Crippen molar-refractivity contribution >= 4 is 17.6 Å². The topological polar surface area (TPSA) is 123 Å². The molecule has 1 saturated heterocycles. The number of rotatable bonds is 8. The predicted molar refractivity (Wildman–Crippen MR) is 152 cm³/mol. The SMILES string of the molecule is CNC(=O)Cn1cc(-c2cccc(C(=O)Nc3cc(C4CCN(C(C)C)CC4)nn3-c3ccc(C)cn3)n2)cn1. The van der Waals surface area contributed by atoms with Gasteiger partial charge in [-0.2, -0.15) is 14.9 Å². The van der Waals surface area contributed by atoms with Gasteiger partial charge < -0.3 is 15.5 Å². The van der Waals surface area contributed by atoms with Crippen molar-refractivity contribution in [2.75, 3.05) is 25.5 Å². The summed E-state index contributed by atoms with van der Waals surface area (Å²) in [5.41, 5.74) is 3.55. The zero-order valence-corrected chi connectivity index (χ0v) is 23.3. The Labute approximate surface area is 233 Å². The number of hydrogen-bond acceptors (Lipinski definition) is 7. The number of likely N-dealkylation sites (tertiary alicyclic amines) is 1. The predicted octanol–water partition coefficient (Wildman–Crippen LogP) is 3.42. The van der Waals surface area contributed by atoms with Crippen LogP contribution in [-0.2, 0) is 11.3 Å². The molecule has 1 aliphatic rings. The first kappa shape index (κ1) is 27.2. The summed E-state index contributed by atoms with van der Waals surface area (Å²) < 4.78 is 3.23. The molecule has 0 spiro atoms. The maximum atomic E-state index is 13.4. The van der Waals surface area contributed by atoms with Crippen LogP contribution in [0.4, 0.5) is 5.82 Å². The second kappa shape index (κ2) is 11.8. The van der Waals surface area contributed by atoms with Gasteiger partial charge in [0.15, 0.2) is 5.82 Å². The minimum atomic E-state index is -0.353. The molecule has 11 heteroatoms. The van der Waals surface area contributed by atoms with Crippen LogP contribution >= 0.6 is 0 Å². The molecule has 11 nitrogen and oxygen atoms in total. The van der Waals surface area contributed by atoms with E-state index in [4.69, 9.17) is 5.10 Å². The minimum absolute atomic E-state index is 0.104. The Balaban J connectivity index is 1.39. The third-order valence-corrected chi connectivity index (χ3v) is 7.26.